The molecule has 0 radical (unpaired) electrons. The zero-order valence-corrected chi connectivity index (χ0v) is 14.9. The molecular formula is C18H27N5O. The summed E-state index contributed by atoms with van der Waals surface area (Å²) < 4.78 is 7.74. The molecule has 0 spiro atoms. The highest BCUT2D eigenvalue weighted by Crippen LogP contribution is 2.12. The third-order valence-electron chi connectivity index (χ3n) is 3.58. The van der Waals surface area contributed by atoms with Gasteiger partial charge in [0.05, 0.1) is 18.8 Å². The van der Waals surface area contributed by atoms with Crippen molar-refractivity contribution in [3.63, 3.8) is 0 Å². The molecule has 0 aliphatic heterocycles. The van der Waals surface area contributed by atoms with E-state index in [9.17, 15) is 0 Å². The summed E-state index contributed by atoms with van der Waals surface area (Å²) in [6, 6.07) is 10.1. The van der Waals surface area contributed by atoms with Gasteiger partial charge >= 0.3 is 0 Å². The lowest BCUT2D eigenvalue weighted by Crippen LogP contribution is -2.41. The summed E-state index contributed by atoms with van der Waals surface area (Å²) in [5.74, 6) is 1.66. The first-order valence-electron chi connectivity index (χ1n) is 8.31. The van der Waals surface area contributed by atoms with Crippen molar-refractivity contribution >= 4 is 5.96 Å². The van der Waals surface area contributed by atoms with Crippen LogP contribution in [0.4, 0.5) is 0 Å². The maximum Gasteiger partial charge on any atom is 0.191 e. The summed E-state index contributed by atoms with van der Waals surface area (Å²) in [7, 11) is 1.92. The van der Waals surface area contributed by atoms with Gasteiger partial charge in [-0.15, -0.1) is 0 Å². The van der Waals surface area contributed by atoms with Crippen LogP contribution in [0.1, 0.15) is 25.1 Å². The third-order valence-corrected chi connectivity index (χ3v) is 3.58. The molecule has 2 aromatic rings. The zero-order chi connectivity index (χ0) is 17.4. The van der Waals surface area contributed by atoms with Crippen LogP contribution in [0, 0.1) is 6.92 Å². The van der Waals surface area contributed by atoms with Crippen LogP contribution in [-0.4, -0.2) is 34.9 Å². The largest absolute Gasteiger partial charge is 0.489 e. The van der Waals surface area contributed by atoms with Gasteiger partial charge in [-0.2, -0.15) is 5.10 Å². The fourth-order valence-corrected chi connectivity index (χ4v) is 2.19. The zero-order valence-electron chi connectivity index (χ0n) is 14.9. The van der Waals surface area contributed by atoms with Gasteiger partial charge < -0.3 is 15.4 Å². The number of rotatable bonds is 7. The number of aryl methyl sites for hydroxylation is 2. The molecule has 0 aliphatic carbocycles. The number of aliphatic imine (C=N–C) groups is 1. The SMILES string of the molecule is CCNC(=NCc1ccnn1C)NCC(C)Oc1ccc(C)cc1. The lowest BCUT2D eigenvalue weighted by atomic mass is 10.2. The number of ether oxygens (including phenoxy) is 1. The summed E-state index contributed by atoms with van der Waals surface area (Å²) >= 11 is 0. The van der Waals surface area contributed by atoms with Crippen molar-refractivity contribution < 1.29 is 4.74 Å². The Bertz CT molecular complexity index is 648. The summed E-state index contributed by atoms with van der Waals surface area (Å²) in [5.41, 5.74) is 2.29. The molecule has 1 aromatic carbocycles. The minimum Gasteiger partial charge on any atom is -0.489 e. The second kappa shape index (κ2) is 8.96. The van der Waals surface area contributed by atoms with E-state index in [2.05, 4.69) is 39.8 Å². The lowest BCUT2D eigenvalue weighted by molar-refractivity contribution is 0.224. The van der Waals surface area contributed by atoms with Crippen LogP contribution in [-0.2, 0) is 13.6 Å². The molecule has 6 heteroatoms. The van der Waals surface area contributed by atoms with E-state index in [4.69, 9.17) is 4.74 Å². The van der Waals surface area contributed by atoms with E-state index in [1.54, 1.807) is 6.20 Å². The van der Waals surface area contributed by atoms with Gasteiger partial charge in [-0.25, -0.2) is 4.99 Å². The average Bonchev–Trinajstić information content (AvgIpc) is 2.97. The van der Waals surface area contributed by atoms with Crippen LogP contribution in [0.2, 0.25) is 0 Å². The Morgan fingerprint density at radius 1 is 1.25 bits per heavy atom. The first-order valence-corrected chi connectivity index (χ1v) is 8.31. The van der Waals surface area contributed by atoms with Crippen molar-refractivity contribution in [1.29, 1.82) is 0 Å². The van der Waals surface area contributed by atoms with Crippen molar-refractivity contribution in [2.24, 2.45) is 12.0 Å². The Kier molecular flexibility index (Phi) is 6.66. The Labute approximate surface area is 143 Å². The summed E-state index contributed by atoms with van der Waals surface area (Å²) in [4.78, 5) is 4.59. The number of aromatic nitrogens is 2. The molecule has 0 amide bonds. The maximum atomic E-state index is 5.91. The Hall–Kier alpha value is -2.50. The van der Waals surface area contributed by atoms with Crippen molar-refractivity contribution in [3.8, 4) is 5.75 Å². The predicted octanol–water partition coefficient (Wildman–Crippen LogP) is 2.25. The molecule has 1 aromatic heterocycles. The fourth-order valence-electron chi connectivity index (χ4n) is 2.19. The van der Waals surface area contributed by atoms with Gasteiger partial charge in [0.1, 0.15) is 11.9 Å². The van der Waals surface area contributed by atoms with E-state index in [0.717, 1.165) is 23.9 Å². The Balaban J connectivity index is 1.85. The van der Waals surface area contributed by atoms with Crippen LogP contribution in [0.15, 0.2) is 41.5 Å². The second-order valence-electron chi connectivity index (χ2n) is 5.76. The maximum absolute atomic E-state index is 5.91. The molecule has 6 nitrogen and oxygen atoms in total. The summed E-state index contributed by atoms with van der Waals surface area (Å²) in [5, 5.41) is 10.7. The van der Waals surface area contributed by atoms with Crippen molar-refractivity contribution in [2.45, 2.75) is 33.4 Å². The number of nitrogens with zero attached hydrogens (tertiary/aromatic N) is 3. The quantitative estimate of drug-likeness (QED) is 0.604. The van der Waals surface area contributed by atoms with E-state index < -0.39 is 0 Å². The average molecular weight is 329 g/mol. The molecule has 0 saturated carbocycles. The van der Waals surface area contributed by atoms with E-state index in [1.807, 2.05) is 43.8 Å². The van der Waals surface area contributed by atoms with Gasteiger partial charge in [0, 0.05) is 19.8 Å². The first-order chi connectivity index (χ1) is 11.6. The van der Waals surface area contributed by atoms with Gasteiger partial charge in [-0.3, -0.25) is 4.68 Å². The highest BCUT2D eigenvalue weighted by molar-refractivity contribution is 5.79. The topological polar surface area (TPSA) is 63.5 Å². The van der Waals surface area contributed by atoms with E-state index in [0.29, 0.717) is 13.1 Å². The molecular weight excluding hydrogens is 302 g/mol. The molecule has 24 heavy (non-hydrogen) atoms. The molecule has 130 valence electrons. The van der Waals surface area contributed by atoms with E-state index in [1.165, 1.54) is 5.56 Å². The molecule has 0 aliphatic rings. The van der Waals surface area contributed by atoms with Gasteiger partial charge in [0.25, 0.3) is 0 Å². The molecule has 0 saturated heterocycles. The van der Waals surface area contributed by atoms with Crippen LogP contribution < -0.4 is 15.4 Å². The molecule has 2 rings (SSSR count). The van der Waals surface area contributed by atoms with Gasteiger partial charge in [-0.1, -0.05) is 17.7 Å². The number of benzene rings is 1. The smallest absolute Gasteiger partial charge is 0.191 e. The summed E-state index contributed by atoms with van der Waals surface area (Å²) in [6.45, 7) is 8.22. The summed E-state index contributed by atoms with van der Waals surface area (Å²) in [6.07, 6.45) is 1.82. The lowest BCUT2D eigenvalue weighted by Gasteiger charge is -2.17. The third kappa shape index (κ3) is 5.61. The van der Waals surface area contributed by atoms with Gasteiger partial charge in [-0.05, 0) is 39.0 Å². The number of nitrogens with one attached hydrogen (secondary N) is 2. The van der Waals surface area contributed by atoms with Gasteiger partial charge in [0.15, 0.2) is 5.96 Å². The minimum atomic E-state index is 0.0354. The molecule has 1 heterocycles. The fraction of sp³-hybridized carbons (Fsp3) is 0.444. The highest BCUT2D eigenvalue weighted by Gasteiger charge is 2.06. The van der Waals surface area contributed by atoms with E-state index >= 15 is 0 Å². The molecule has 1 unspecified atom stereocenters. The molecule has 0 fully saturated rings. The molecule has 2 N–H and O–H groups in total. The monoisotopic (exact) mass is 329 g/mol. The first kappa shape index (κ1) is 17.8. The van der Waals surface area contributed by atoms with Crippen molar-refractivity contribution in [1.82, 2.24) is 20.4 Å². The van der Waals surface area contributed by atoms with Crippen LogP contribution in [0.3, 0.4) is 0 Å². The number of hydrogen-bond donors (Lipinski definition) is 2. The predicted molar refractivity (Wildman–Crippen MR) is 97.3 cm³/mol. The number of hydrogen-bond acceptors (Lipinski definition) is 3. The van der Waals surface area contributed by atoms with E-state index in [-0.39, 0.29) is 6.10 Å². The van der Waals surface area contributed by atoms with Crippen molar-refractivity contribution in [3.05, 3.63) is 47.8 Å². The normalized spacial score (nSPS) is 12.8. The highest BCUT2D eigenvalue weighted by atomic mass is 16.5. The number of guanidine groups is 1. The minimum absolute atomic E-state index is 0.0354. The van der Waals surface area contributed by atoms with Crippen LogP contribution in [0.5, 0.6) is 5.75 Å². The Morgan fingerprint density at radius 3 is 2.62 bits per heavy atom. The Morgan fingerprint density at radius 2 is 2.00 bits per heavy atom. The molecule has 1 atom stereocenters. The second-order valence-corrected chi connectivity index (χ2v) is 5.76. The van der Waals surface area contributed by atoms with Crippen molar-refractivity contribution in [2.75, 3.05) is 13.1 Å². The van der Waals surface area contributed by atoms with Gasteiger partial charge in [0.2, 0.25) is 0 Å². The van der Waals surface area contributed by atoms with Crippen LogP contribution >= 0.6 is 0 Å². The molecule has 0 bridgehead atoms. The van der Waals surface area contributed by atoms with Crippen LogP contribution in [0.25, 0.3) is 0 Å². The standard InChI is InChI=1S/C18H27N5O/c1-5-19-18(21-13-16-10-11-22-23(16)4)20-12-15(3)24-17-8-6-14(2)7-9-17/h6-11,15H,5,12-13H2,1-4H3,(H2,19,20,21).